The molecule has 0 amide bonds. The zero-order chi connectivity index (χ0) is 16.5. The highest BCUT2D eigenvalue weighted by Gasteiger charge is 2.23. The van der Waals surface area contributed by atoms with Crippen LogP contribution >= 0.6 is 15.9 Å². The molecule has 7 heteroatoms. The Morgan fingerprint density at radius 3 is 2.45 bits per heavy atom. The van der Waals surface area contributed by atoms with Crippen molar-refractivity contribution in [2.75, 3.05) is 0 Å². The lowest BCUT2D eigenvalue weighted by Gasteiger charge is -2.11. The molecule has 0 aromatic heterocycles. The molecule has 0 aliphatic heterocycles. The maximum atomic E-state index is 13.8. The van der Waals surface area contributed by atoms with Crippen LogP contribution in [0.25, 0.3) is 0 Å². The Balaban J connectivity index is 2.47. The topological polar surface area (TPSA) is 60.4 Å². The molecule has 116 valence electrons. The number of hydrogen-bond donors (Lipinski definition) is 0. The van der Waals surface area contributed by atoms with Gasteiger partial charge in [-0.2, -0.15) is 8.42 Å². The molecule has 0 spiro atoms. The fraction of sp³-hybridized carbons (Fsp3) is 0.133. The van der Waals surface area contributed by atoms with Crippen molar-refractivity contribution in [2.24, 2.45) is 0 Å². The monoisotopic (exact) mass is 386 g/mol. The Morgan fingerprint density at radius 1 is 1.18 bits per heavy atom. The number of halogens is 2. The summed E-state index contributed by atoms with van der Waals surface area (Å²) in [5.74, 6) is -1.41. The van der Waals surface area contributed by atoms with Crippen LogP contribution in [0.1, 0.15) is 22.8 Å². The van der Waals surface area contributed by atoms with Gasteiger partial charge in [0.1, 0.15) is 10.7 Å². The minimum atomic E-state index is -4.37. The Morgan fingerprint density at radius 2 is 1.86 bits per heavy atom. The standard InChI is InChI=1S/C15H12BrFO4S/c1-9-3-6-15(13(17)7-9)22(19,20)21-14-5-4-11(16)8-12(14)10(2)18/h3-8H,1-2H3. The lowest BCUT2D eigenvalue weighted by atomic mass is 10.1. The van der Waals surface area contributed by atoms with Crippen molar-refractivity contribution in [3.8, 4) is 5.75 Å². The van der Waals surface area contributed by atoms with E-state index in [0.29, 0.717) is 10.0 Å². The number of benzene rings is 2. The Bertz CT molecular complexity index is 847. The second kappa shape index (κ2) is 6.18. The number of ketones is 1. The molecule has 0 saturated carbocycles. The van der Waals surface area contributed by atoms with Crippen LogP contribution < -0.4 is 4.18 Å². The number of carbonyl (C=O) groups is 1. The summed E-state index contributed by atoms with van der Waals surface area (Å²) in [7, 11) is -4.37. The quantitative estimate of drug-likeness (QED) is 0.591. The number of rotatable bonds is 4. The fourth-order valence-electron chi connectivity index (χ4n) is 1.82. The summed E-state index contributed by atoms with van der Waals surface area (Å²) in [6.45, 7) is 2.93. The molecule has 2 rings (SSSR count). The van der Waals surface area contributed by atoms with Gasteiger partial charge in [-0.15, -0.1) is 0 Å². The van der Waals surface area contributed by atoms with E-state index >= 15 is 0 Å². The third-order valence-corrected chi connectivity index (χ3v) is 4.64. The normalized spacial score (nSPS) is 11.3. The number of carbonyl (C=O) groups excluding carboxylic acids is 1. The van der Waals surface area contributed by atoms with E-state index in [1.54, 1.807) is 6.92 Å². The van der Waals surface area contributed by atoms with E-state index in [1.165, 1.54) is 31.2 Å². The van der Waals surface area contributed by atoms with Crippen molar-refractivity contribution in [2.45, 2.75) is 18.7 Å². The lowest BCUT2D eigenvalue weighted by molar-refractivity contribution is 0.101. The summed E-state index contributed by atoms with van der Waals surface area (Å²) < 4.78 is 43.8. The maximum Gasteiger partial charge on any atom is 0.342 e. The van der Waals surface area contributed by atoms with Crippen molar-refractivity contribution in [1.82, 2.24) is 0 Å². The van der Waals surface area contributed by atoms with E-state index < -0.39 is 20.8 Å². The third kappa shape index (κ3) is 3.53. The van der Waals surface area contributed by atoms with Crippen LogP contribution in [0.2, 0.25) is 0 Å². The highest BCUT2D eigenvalue weighted by Crippen LogP contribution is 2.27. The number of hydrogen-bond acceptors (Lipinski definition) is 4. The zero-order valence-electron chi connectivity index (χ0n) is 11.8. The Kier molecular flexibility index (Phi) is 4.67. The van der Waals surface area contributed by atoms with Crippen LogP contribution in [0.15, 0.2) is 45.8 Å². The molecule has 0 bridgehead atoms. The van der Waals surface area contributed by atoms with Gasteiger partial charge >= 0.3 is 10.1 Å². The van der Waals surface area contributed by atoms with E-state index in [2.05, 4.69) is 15.9 Å². The van der Waals surface area contributed by atoms with E-state index in [-0.39, 0.29) is 17.1 Å². The summed E-state index contributed by atoms with van der Waals surface area (Å²) >= 11 is 3.19. The van der Waals surface area contributed by atoms with Gasteiger partial charge in [0.15, 0.2) is 11.5 Å². The lowest BCUT2D eigenvalue weighted by Crippen LogP contribution is -2.13. The molecule has 22 heavy (non-hydrogen) atoms. The molecule has 0 radical (unpaired) electrons. The second-order valence-electron chi connectivity index (χ2n) is 4.67. The van der Waals surface area contributed by atoms with Crippen LogP contribution in [0.3, 0.4) is 0 Å². The van der Waals surface area contributed by atoms with Gasteiger partial charge in [0.05, 0.1) is 5.56 Å². The molecule has 0 aliphatic carbocycles. The predicted octanol–water partition coefficient (Wildman–Crippen LogP) is 3.87. The molecule has 0 aliphatic rings. The van der Waals surface area contributed by atoms with Crippen molar-refractivity contribution < 1.29 is 21.8 Å². The van der Waals surface area contributed by atoms with Gasteiger partial charge in [-0.1, -0.05) is 22.0 Å². The first-order valence-electron chi connectivity index (χ1n) is 6.22. The van der Waals surface area contributed by atoms with Crippen molar-refractivity contribution in [3.63, 3.8) is 0 Å². The van der Waals surface area contributed by atoms with Gasteiger partial charge in [0, 0.05) is 4.47 Å². The Hall–Kier alpha value is -1.73. The van der Waals surface area contributed by atoms with Crippen molar-refractivity contribution in [1.29, 1.82) is 0 Å². The van der Waals surface area contributed by atoms with Crippen LogP contribution in [-0.2, 0) is 10.1 Å². The van der Waals surface area contributed by atoms with Gasteiger partial charge in [-0.3, -0.25) is 4.79 Å². The SMILES string of the molecule is CC(=O)c1cc(Br)ccc1OS(=O)(=O)c1ccc(C)cc1F. The fourth-order valence-corrected chi connectivity index (χ4v) is 3.19. The van der Waals surface area contributed by atoms with Crippen LogP contribution in [0.5, 0.6) is 5.75 Å². The van der Waals surface area contributed by atoms with E-state index in [4.69, 9.17) is 4.18 Å². The molecule has 0 fully saturated rings. The Labute approximate surface area is 136 Å². The second-order valence-corrected chi connectivity index (χ2v) is 7.10. The summed E-state index contributed by atoms with van der Waals surface area (Å²) in [6, 6.07) is 8.01. The largest absolute Gasteiger partial charge is 0.378 e. The minimum Gasteiger partial charge on any atom is -0.378 e. The molecule has 0 atom stereocenters. The van der Waals surface area contributed by atoms with Crippen molar-refractivity contribution in [3.05, 3.63) is 57.8 Å². The van der Waals surface area contributed by atoms with Crippen LogP contribution in [0.4, 0.5) is 4.39 Å². The first-order chi connectivity index (χ1) is 10.2. The van der Waals surface area contributed by atoms with Gasteiger partial charge in [-0.25, -0.2) is 4.39 Å². The molecular weight excluding hydrogens is 375 g/mol. The van der Waals surface area contributed by atoms with Gasteiger partial charge in [0.25, 0.3) is 0 Å². The predicted molar refractivity (Wildman–Crippen MR) is 83.1 cm³/mol. The molecule has 0 heterocycles. The zero-order valence-corrected chi connectivity index (χ0v) is 14.2. The summed E-state index contributed by atoms with van der Waals surface area (Å²) in [6.07, 6.45) is 0. The first kappa shape index (κ1) is 16.6. The summed E-state index contributed by atoms with van der Waals surface area (Å²) in [5, 5.41) is 0. The third-order valence-electron chi connectivity index (χ3n) is 2.88. The van der Waals surface area contributed by atoms with Crippen LogP contribution in [-0.4, -0.2) is 14.2 Å². The molecule has 0 N–H and O–H groups in total. The van der Waals surface area contributed by atoms with Crippen molar-refractivity contribution >= 4 is 31.8 Å². The highest BCUT2D eigenvalue weighted by atomic mass is 79.9. The molecule has 4 nitrogen and oxygen atoms in total. The van der Waals surface area contributed by atoms with Gasteiger partial charge in [-0.05, 0) is 49.7 Å². The average Bonchev–Trinajstić information content (AvgIpc) is 2.39. The summed E-state index contributed by atoms with van der Waals surface area (Å²) in [4.78, 5) is 11.0. The first-order valence-corrected chi connectivity index (χ1v) is 8.42. The smallest absolute Gasteiger partial charge is 0.342 e. The molecule has 2 aromatic rings. The highest BCUT2D eigenvalue weighted by molar-refractivity contribution is 9.10. The molecule has 0 saturated heterocycles. The molecular formula is C15H12BrFO4S. The average molecular weight is 387 g/mol. The van der Waals surface area contributed by atoms with E-state index in [1.807, 2.05) is 0 Å². The van der Waals surface area contributed by atoms with Gasteiger partial charge < -0.3 is 4.18 Å². The van der Waals surface area contributed by atoms with Gasteiger partial charge in [0.2, 0.25) is 0 Å². The van der Waals surface area contributed by atoms with E-state index in [9.17, 15) is 17.6 Å². The number of aryl methyl sites for hydroxylation is 1. The molecule has 2 aromatic carbocycles. The maximum absolute atomic E-state index is 13.8. The van der Waals surface area contributed by atoms with Crippen LogP contribution in [0, 0.1) is 12.7 Å². The number of Topliss-reactive ketones (excluding diaryl/α,β-unsaturated/α-hetero) is 1. The minimum absolute atomic E-state index is 0.0884. The summed E-state index contributed by atoms with van der Waals surface area (Å²) in [5.41, 5.74) is 0.676. The van der Waals surface area contributed by atoms with E-state index in [0.717, 1.165) is 12.1 Å². The molecule has 0 unspecified atom stereocenters.